The number of benzene rings is 1. The number of ketones is 1. The van der Waals surface area contributed by atoms with Crippen molar-refractivity contribution in [2.45, 2.75) is 32.9 Å². The maximum atomic E-state index is 11.5. The highest BCUT2D eigenvalue weighted by Gasteiger charge is 2.18. The first kappa shape index (κ1) is 15.7. The van der Waals surface area contributed by atoms with Crippen molar-refractivity contribution in [3.05, 3.63) is 34.9 Å². The molecule has 0 saturated carbocycles. The quantitative estimate of drug-likeness (QED) is 0.781. The molecule has 1 rings (SSSR count). The van der Waals surface area contributed by atoms with Gasteiger partial charge >= 0.3 is 5.97 Å². The largest absolute Gasteiger partial charge is 0.466 e. The van der Waals surface area contributed by atoms with E-state index in [-0.39, 0.29) is 18.2 Å². The Morgan fingerprint density at radius 3 is 2.47 bits per heavy atom. The number of Topliss-reactive ketones (excluding diaryl/α,β-unsaturated/α-hetero) is 1. The van der Waals surface area contributed by atoms with Crippen LogP contribution in [0.5, 0.6) is 0 Å². The predicted molar refractivity (Wildman–Crippen MR) is 74.0 cm³/mol. The lowest BCUT2D eigenvalue weighted by atomic mass is 10.1. The van der Waals surface area contributed by atoms with Crippen LogP contribution in [0.1, 0.15) is 25.8 Å². The van der Waals surface area contributed by atoms with Gasteiger partial charge in [-0.3, -0.25) is 9.59 Å². The van der Waals surface area contributed by atoms with E-state index in [2.05, 4.69) is 5.32 Å². The summed E-state index contributed by atoms with van der Waals surface area (Å²) in [6.45, 7) is 4.02. The lowest BCUT2D eigenvalue weighted by molar-refractivity contribution is -0.145. The Balaban J connectivity index is 2.52. The van der Waals surface area contributed by atoms with Crippen LogP contribution in [0.15, 0.2) is 24.3 Å². The van der Waals surface area contributed by atoms with Gasteiger partial charge in [0.15, 0.2) is 0 Å². The van der Waals surface area contributed by atoms with E-state index >= 15 is 0 Å². The molecule has 1 aromatic rings. The second-order valence-electron chi connectivity index (χ2n) is 4.18. The molecule has 0 fully saturated rings. The Bertz CT molecular complexity index is 431. The van der Waals surface area contributed by atoms with Crippen molar-refractivity contribution < 1.29 is 14.3 Å². The standard InChI is InChI=1S/C14H18ClNO3/c1-3-19-14(18)8-13(10(2)17)16-9-11-4-6-12(15)7-5-11/h4-7,13,16H,3,8-9H2,1-2H3. The number of nitrogens with one attached hydrogen (secondary N) is 1. The molecule has 0 saturated heterocycles. The minimum absolute atomic E-state index is 0.0523. The molecule has 19 heavy (non-hydrogen) atoms. The van der Waals surface area contributed by atoms with Crippen molar-refractivity contribution in [1.29, 1.82) is 0 Å². The van der Waals surface area contributed by atoms with Gasteiger partial charge < -0.3 is 10.1 Å². The van der Waals surface area contributed by atoms with E-state index in [9.17, 15) is 9.59 Å². The molecule has 0 radical (unpaired) electrons. The SMILES string of the molecule is CCOC(=O)CC(NCc1ccc(Cl)cc1)C(C)=O. The fraction of sp³-hybridized carbons (Fsp3) is 0.429. The Kier molecular flexibility index (Phi) is 6.53. The van der Waals surface area contributed by atoms with Crippen molar-refractivity contribution in [3.8, 4) is 0 Å². The molecular formula is C14H18ClNO3. The van der Waals surface area contributed by atoms with E-state index in [4.69, 9.17) is 16.3 Å². The number of carbonyl (C=O) groups excluding carboxylic acids is 2. The fourth-order valence-electron chi connectivity index (χ4n) is 1.59. The normalized spacial score (nSPS) is 11.9. The number of hydrogen-bond donors (Lipinski definition) is 1. The molecular weight excluding hydrogens is 266 g/mol. The highest BCUT2D eigenvalue weighted by Crippen LogP contribution is 2.09. The van der Waals surface area contributed by atoms with Crippen LogP contribution >= 0.6 is 11.6 Å². The summed E-state index contributed by atoms with van der Waals surface area (Å²) in [6, 6.07) is 6.79. The molecule has 4 nitrogen and oxygen atoms in total. The second kappa shape index (κ2) is 7.92. The lowest BCUT2D eigenvalue weighted by Gasteiger charge is -2.15. The van der Waals surface area contributed by atoms with Crippen molar-refractivity contribution >= 4 is 23.4 Å². The van der Waals surface area contributed by atoms with Gasteiger partial charge in [-0.2, -0.15) is 0 Å². The summed E-state index contributed by atoms with van der Waals surface area (Å²) in [7, 11) is 0. The fourth-order valence-corrected chi connectivity index (χ4v) is 1.72. The summed E-state index contributed by atoms with van der Waals surface area (Å²) in [5.41, 5.74) is 1.000. The molecule has 0 spiro atoms. The Morgan fingerprint density at radius 2 is 1.95 bits per heavy atom. The molecule has 0 aliphatic carbocycles. The molecule has 5 heteroatoms. The van der Waals surface area contributed by atoms with Gasteiger partial charge in [-0.15, -0.1) is 0 Å². The lowest BCUT2D eigenvalue weighted by Crippen LogP contribution is -2.37. The summed E-state index contributed by atoms with van der Waals surface area (Å²) in [5.74, 6) is -0.451. The number of esters is 1. The van der Waals surface area contributed by atoms with Crippen molar-refractivity contribution in [2.24, 2.45) is 0 Å². The summed E-state index contributed by atoms with van der Waals surface area (Å²) < 4.78 is 4.84. The van der Waals surface area contributed by atoms with Crippen molar-refractivity contribution in [1.82, 2.24) is 5.32 Å². The van der Waals surface area contributed by atoms with Gasteiger partial charge in [-0.25, -0.2) is 0 Å². The number of hydrogen-bond acceptors (Lipinski definition) is 4. The van der Waals surface area contributed by atoms with Crippen LogP contribution in [0.25, 0.3) is 0 Å². The first-order valence-electron chi connectivity index (χ1n) is 6.16. The third kappa shape index (κ3) is 5.85. The van der Waals surface area contributed by atoms with Gasteiger partial charge in [0.2, 0.25) is 0 Å². The van der Waals surface area contributed by atoms with E-state index in [1.807, 2.05) is 12.1 Å². The van der Waals surface area contributed by atoms with Crippen molar-refractivity contribution in [3.63, 3.8) is 0 Å². The smallest absolute Gasteiger partial charge is 0.307 e. The average Bonchev–Trinajstić information content (AvgIpc) is 2.36. The highest BCUT2D eigenvalue weighted by molar-refractivity contribution is 6.30. The highest BCUT2D eigenvalue weighted by atomic mass is 35.5. The van der Waals surface area contributed by atoms with E-state index in [1.54, 1.807) is 19.1 Å². The van der Waals surface area contributed by atoms with E-state index < -0.39 is 6.04 Å². The third-order valence-electron chi connectivity index (χ3n) is 2.63. The topological polar surface area (TPSA) is 55.4 Å². The van der Waals surface area contributed by atoms with E-state index in [1.165, 1.54) is 6.92 Å². The minimum atomic E-state index is -0.519. The zero-order chi connectivity index (χ0) is 14.3. The average molecular weight is 284 g/mol. The molecule has 0 aliphatic rings. The van der Waals surface area contributed by atoms with Crippen LogP contribution < -0.4 is 5.32 Å². The molecule has 1 unspecified atom stereocenters. The second-order valence-corrected chi connectivity index (χ2v) is 4.62. The monoisotopic (exact) mass is 283 g/mol. The Morgan fingerprint density at radius 1 is 1.32 bits per heavy atom. The van der Waals surface area contributed by atoms with Gasteiger partial charge in [-0.05, 0) is 31.5 Å². The number of carbonyl (C=O) groups is 2. The third-order valence-corrected chi connectivity index (χ3v) is 2.88. The Labute approximate surface area is 118 Å². The summed E-state index contributed by atoms with van der Waals surface area (Å²) in [4.78, 5) is 22.8. The van der Waals surface area contributed by atoms with Crippen LogP contribution in [-0.4, -0.2) is 24.4 Å². The van der Waals surface area contributed by atoms with Crippen LogP contribution in [0.3, 0.4) is 0 Å². The molecule has 0 heterocycles. The summed E-state index contributed by atoms with van der Waals surface area (Å²) in [6.07, 6.45) is 0.0523. The molecule has 0 amide bonds. The molecule has 1 aromatic carbocycles. The van der Waals surface area contributed by atoms with Gasteiger partial charge in [0, 0.05) is 11.6 Å². The van der Waals surface area contributed by atoms with Gasteiger partial charge in [0.05, 0.1) is 19.1 Å². The minimum Gasteiger partial charge on any atom is -0.466 e. The van der Waals surface area contributed by atoms with E-state index in [0.29, 0.717) is 18.2 Å². The molecule has 0 aromatic heterocycles. The maximum Gasteiger partial charge on any atom is 0.307 e. The van der Waals surface area contributed by atoms with Gasteiger partial charge in [0.25, 0.3) is 0 Å². The van der Waals surface area contributed by atoms with E-state index in [0.717, 1.165) is 5.56 Å². The predicted octanol–water partition coefficient (Wildman–Crippen LogP) is 2.34. The first-order valence-corrected chi connectivity index (χ1v) is 6.54. The Hall–Kier alpha value is -1.39. The van der Waals surface area contributed by atoms with Crippen LogP contribution in [0.4, 0.5) is 0 Å². The molecule has 1 N–H and O–H groups in total. The summed E-state index contributed by atoms with van der Waals surface area (Å²) in [5, 5.41) is 3.72. The zero-order valence-electron chi connectivity index (χ0n) is 11.1. The first-order chi connectivity index (χ1) is 9.02. The van der Waals surface area contributed by atoms with Crippen LogP contribution in [0.2, 0.25) is 5.02 Å². The molecule has 104 valence electrons. The zero-order valence-corrected chi connectivity index (χ0v) is 11.9. The van der Waals surface area contributed by atoms with Crippen LogP contribution in [0, 0.1) is 0 Å². The molecule has 0 aliphatic heterocycles. The van der Waals surface area contributed by atoms with Gasteiger partial charge in [-0.1, -0.05) is 23.7 Å². The number of halogens is 1. The number of ether oxygens (including phenoxy) is 1. The van der Waals surface area contributed by atoms with Crippen molar-refractivity contribution in [2.75, 3.05) is 6.61 Å². The van der Waals surface area contributed by atoms with Crippen LogP contribution in [-0.2, 0) is 20.9 Å². The molecule has 1 atom stereocenters. The summed E-state index contributed by atoms with van der Waals surface area (Å²) >= 11 is 5.79. The van der Waals surface area contributed by atoms with Gasteiger partial charge in [0.1, 0.15) is 5.78 Å². The maximum absolute atomic E-state index is 11.5. The molecule has 0 bridgehead atoms. The number of rotatable bonds is 7.